The van der Waals surface area contributed by atoms with Crippen molar-refractivity contribution in [3.05, 3.63) is 54.6 Å². The number of nitrogens with zero attached hydrogens (tertiary/aromatic N) is 1. The summed E-state index contributed by atoms with van der Waals surface area (Å²) in [4.78, 5) is 0.362. The van der Waals surface area contributed by atoms with Gasteiger partial charge in [-0.05, 0) is 43.0 Å². The zero-order valence-corrected chi connectivity index (χ0v) is 15.1. The first-order valence-corrected chi connectivity index (χ1v) is 9.86. The van der Waals surface area contributed by atoms with Gasteiger partial charge < -0.3 is 9.47 Å². The Labute approximate surface area is 149 Å². The van der Waals surface area contributed by atoms with Gasteiger partial charge >= 0.3 is 0 Å². The molecule has 1 atom stereocenters. The van der Waals surface area contributed by atoms with Crippen LogP contribution in [0.5, 0.6) is 11.5 Å². The topological polar surface area (TPSA) is 55.8 Å². The van der Waals surface area contributed by atoms with Crippen LogP contribution in [0, 0.1) is 5.92 Å². The van der Waals surface area contributed by atoms with Crippen LogP contribution in [0.2, 0.25) is 0 Å². The predicted molar refractivity (Wildman–Crippen MR) is 96.4 cm³/mol. The molecule has 5 nitrogen and oxygen atoms in total. The lowest BCUT2D eigenvalue weighted by molar-refractivity contribution is 0.266. The largest absolute Gasteiger partial charge is 0.493 e. The van der Waals surface area contributed by atoms with Gasteiger partial charge in [0.2, 0.25) is 10.0 Å². The van der Waals surface area contributed by atoms with Crippen molar-refractivity contribution in [1.29, 1.82) is 0 Å². The number of ether oxygens (including phenoxy) is 2. The highest BCUT2D eigenvalue weighted by Crippen LogP contribution is 2.28. The Balaban J connectivity index is 1.53. The number of benzene rings is 2. The highest BCUT2D eigenvalue weighted by atomic mass is 32.2. The molecular weight excluding hydrogens is 338 g/mol. The molecule has 25 heavy (non-hydrogen) atoms. The van der Waals surface area contributed by atoms with E-state index in [2.05, 4.69) is 0 Å². The monoisotopic (exact) mass is 361 g/mol. The molecule has 1 saturated heterocycles. The Morgan fingerprint density at radius 2 is 1.72 bits per heavy atom. The molecule has 1 fully saturated rings. The van der Waals surface area contributed by atoms with Crippen molar-refractivity contribution in [2.45, 2.75) is 17.7 Å². The number of hydrogen-bond donors (Lipinski definition) is 0. The van der Waals surface area contributed by atoms with E-state index < -0.39 is 10.0 Å². The van der Waals surface area contributed by atoms with Gasteiger partial charge in [0, 0.05) is 13.1 Å². The van der Waals surface area contributed by atoms with Crippen LogP contribution < -0.4 is 9.47 Å². The van der Waals surface area contributed by atoms with Crippen LogP contribution in [0.25, 0.3) is 0 Å². The maximum atomic E-state index is 12.6. The van der Waals surface area contributed by atoms with Crippen LogP contribution in [0.4, 0.5) is 0 Å². The Kier molecular flexibility index (Phi) is 5.60. The number of methoxy groups -OCH3 is 1. The van der Waals surface area contributed by atoms with Gasteiger partial charge in [-0.1, -0.05) is 30.3 Å². The summed E-state index contributed by atoms with van der Waals surface area (Å²) in [7, 11) is -1.77. The Morgan fingerprint density at radius 3 is 2.44 bits per heavy atom. The second kappa shape index (κ2) is 7.89. The van der Waals surface area contributed by atoms with E-state index in [1.165, 1.54) is 0 Å². The molecule has 1 aliphatic heterocycles. The van der Waals surface area contributed by atoms with E-state index >= 15 is 0 Å². The molecule has 0 aromatic heterocycles. The number of rotatable bonds is 7. The van der Waals surface area contributed by atoms with Crippen LogP contribution >= 0.6 is 0 Å². The van der Waals surface area contributed by atoms with Crippen molar-refractivity contribution in [2.75, 3.05) is 26.8 Å². The first kappa shape index (κ1) is 17.8. The standard InChI is InChI=1S/C19H23NO4S/c1-23-18-9-5-6-10-19(18)24-14-12-16-11-13-20(15-16)25(21,22)17-7-3-2-4-8-17/h2-10,16H,11-15H2,1H3. The number of para-hydroxylation sites is 2. The summed E-state index contributed by atoms with van der Waals surface area (Å²) in [5.74, 6) is 1.74. The summed E-state index contributed by atoms with van der Waals surface area (Å²) in [6.45, 7) is 1.66. The summed E-state index contributed by atoms with van der Waals surface area (Å²) in [6, 6.07) is 16.2. The van der Waals surface area contributed by atoms with Gasteiger partial charge in [0.1, 0.15) is 0 Å². The Bertz CT molecular complexity index is 792. The average Bonchev–Trinajstić information content (AvgIpc) is 3.13. The average molecular weight is 361 g/mol. The van der Waals surface area contributed by atoms with Crippen LogP contribution in [0.15, 0.2) is 59.5 Å². The molecule has 1 unspecified atom stereocenters. The van der Waals surface area contributed by atoms with Crippen molar-refractivity contribution < 1.29 is 17.9 Å². The molecule has 6 heteroatoms. The van der Waals surface area contributed by atoms with Gasteiger partial charge in [0.25, 0.3) is 0 Å². The second-order valence-corrected chi connectivity index (χ2v) is 8.06. The van der Waals surface area contributed by atoms with Gasteiger partial charge in [0.05, 0.1) is 18.6 Å². The third-order valence-corrected chi connectivity index (χ3v) is 6.36. The summed E-state index contributed by atoms with van der Waals surface area (Å²) >= 11 is 0. The van der Waals surface area contributed by atoms with Gasteiger partial charge in [-0.25, -0.2) is 8.42 Å². The smallest absolute Gasteiger partial charge is 0.243 e. The van der Waals surface area contributed by atoms with Crippen molar-refractivity contribution in [3.8, 4) is 11.5 Å². The van der Waals surface area contributed by atoms with Crippen molar-refractivity contribution in [1.82, 2.24) is 4.31 Å². The molecule has 2 aromatic rings. The van der Waals surface area contributed by atoms with Gasteiger partial charge in [0.15, 0.2) is 11.5 Å². The van der Waals surface area contributed by atoms with Crippen LogP contribution in [0.3, 0.4) is 0 Å². The first-order valence-electron chi connectivity index (χ1n) is 8.42. The lowest BCUT2D eigenvalue weighted by Crippen LogP contribution is -2.29. The van der Waals surface area contributed by atoms with E-state index in [4.69, 9.17) is 9.47 Å². The van der Waals surface area contributed by atoms with E-state index in [9.17, 15) is 8.42 Å². The van der Waals surface area contributed by atoms with Crippen LogP contribution in [0.1, 0.15) is 12.8 Å². The van der Waals surface area contributed by atoms with Gasteiger partial charge in [-0.2, -0.15) is 4.31 Å². The molecule has 0 N–H and O–H groups in total. The van der Waals surface area contributed by atoms with E-state index in [0.717, 1.165) is 18.6 Å². The van der Waals surface area contributed by atoms with E-state index in [1.54, 1.807) is 35.7 Å². The maximum Gasteiger partial charge on any atom is 0.243 e. The molecule has 1 aliphatic rings. The minimum Gasteiger partial charge on any atom is -0.493 e. The Hall–Kier alpha value is -2.05. The minimum atomic E-state index is -3.39. The van der Waals surface area contributed by atoms with E-state index in [1.807, 2.05) is 30.3 Å². The lowest BCUT2D eigenvalue weighted by Gasteiger charge is -2.17. The van der Waals surface area contributed by atoms with Crippen LogP contribution in [-0.2, 0) is 10.0 Å². The minimum absolute atomic E-state index is 0.313. The summed E-state index contributed by atoms with van der Waals surface area (Å²) in [6.07, 6.45) is 1.68. The molecule has 0 radical (unpaired) electrons. The highest BCUT2D eigenvalue weighted by Gasteiger charge is 2.32. The molecular formula is C19H23NO4S. The molecule has 2 aromatic carbocycles. The summed E-state index contributed by atoms with van der Waals surface area (Å²) in [5.41, 5.74) is 0. The van der Waals surface area contributed by atoms with E-state index in [-0.39, 0.29) is 0 Å². The second-order valence-electron chi connectivity index (χ2n) is 6.12. The quantitative estimate of drug-likeness (QED) is 0.760. The molecule has 0 spiro atoms. The van der Waals surface area contributed by atoms with Gasteiger partial charge in [-0.3, -0.25) is 0 Å². The Morgan fingerprint density at radius 1 is 1.04 bits per heavy atom. The fourth-order valence-corrected chi connectivity index (χ4v) is 4.62. The van der Waals surface area contributed by atoms with Crippen molar-refractivity contribution >= 4 is 10.0 Å². The SMILES string of the molecule is COc1ccccc1OCCC1CCN(S(=O)(=O)c2ccccc2)C1. The van der Waals surface area contributed by atoms with Gasteiger partial charge in [-0.15, -0.1) is 0 Å². The summed E-state index contributed by atoms with van der Waals surface area (Å²) < 4.78 is 37.9. The number of sulfonamides is 1. The molecule has 0 aliphatic carbocycles. The zero-order valence-electron chi connectivity index (χ0n) is 14.3. The summed E-state index contributed by atoms with van der Waals surface area (Å²) in [5, 5.41) is 0. The van der Waals surface area contributed by atoms with E-state index in [0.29, 0.717) is 36.3 Å². The van der Waals surface area contributed by atoms with Crippen molar-refractivity contribution in [2.24, 2.45) is 5.92 Å². The molecule has 0 bridgehead atoms. The number of hydrogen-bond acceptors (Lipinski definition) is 4. The third-order valence-electron chi connectivity index (χ3n) is 4.48. The lowest BCUT2D eigenvalue weighted by atomic mass is 10.1. The molecule has 134 valence electrons. The predicted octanol–water partition coefficient (Wildman–Crippen LogP) is 3.17. The molecule has 0 saturated carbocycles. The van der Waals surface area contributed by atoms with Crippen LogP contribution in [-0.4, -0.2) is 39.5 Å². The highest BCUT2D eigenvalue weighted by molar-refractivity contribution is 7.89. The third kappa shape index (κ3) is 4.14. The normalized spacial score (nSPS) is 18.2. The fourth-order valence-electron chi connectivity index (χ4n) is 3.07. The first-order chi connectivity index (χ1) is 12.1. The fraction of sp³-hybridized carbons (Fsp3) is 0.368. The molecule has 3 rings (SSSR count). The molecule has 1 heterocycles. The zero-order chi connectivity index (χ0) is 17.7. The van der Waals surface area contributed by atoms with Crippen molar-refractivity contribution in [3.63, 3.8) is 0 Å². The molecule has 0 amide bonds. The maximum absolute atomic E-state index is 12.6.